The average Bonchev–Trinajstić information content (AvgIpc) is 3.08. The molecule has 2 unspecified atom stereocenters. The van der Waals surface area contributed by atoms with E-state index in [4.69, 9.17) is 13.8 Å². The van der Waals surface area contributed by atoms with Crippen molar-refractivity contribution in [2.24, 2.45) is 0 Å². The standard InChI is InChI=1S/C39H70NO8P/c1-3-5-7-9-11-13-15-16-17-18-19-20-22-24-26-28-30-32-39(43)46-35-37(41)36-48-49(44,45)47-34-33-40-38(42)31-29-27-25-23-21-14-12-10-8-6-4-2/h5,7,10-13,16-17,37,41H,3-4,6,8-9,14-15,18-36H2,1-2H3,(H,40,42)(H,44,45)/b7-5-,12-10-,13-11-,17-16-. The molecule has 0 aliphatic heterocycles. The van der Waals surface area contributed by atoms with Crippen LogP contribution in [0.2, 0.25) is 0 Å². The SMILES string of the molecule is CC/C=C\C/C=C\C/C=C\CCCCCCCCCC(=O)OCC(O)COP(=O)(O)OCCNC(=O)CCCCCCC/C=C\CCCC. The number of hydrogen-bond acceptors (Lipinski definition) is 7. The molecule has 0 aliphatic carbocycles. The van der Waals surface area contributed by atoms with Gasteiger partial charge in [-0.1, -0.05) is 127 Å². The van der Waals surface area contributed by atoms with Crippen LogP contribution in [0.15, 0.2) is 48.6 Å². The molecule has 49 heavy (non-hydrogen) atoms. The Morgan fingerprint density at radius 3 is 1.78 bits per heavy atom. The third-order valence-electron chi connectivity index (χ3n) is 7.74. The number of esters is 1. The van der Waals surface area contributed by atoms with E-state index in [0.717, 1.165) is 83.5 Å². The second kappa shape index (κ2) is 35.8. The molecule has 0 radical (unpaired) electrons. The molecular weight excluding hydrogens is 641 g/mol. The number of hydrogen-bond donors (Lipinski definition) is 3. The van der Waals surface area contributed by atoms with Gasteiger partial charge in [-0.25, -0.2) is 4.57 Å². The maximum absolute atomic E-state index is 12.0. The van der Waals surface area contributed by atoms with Gasteiger partial charge in [0.1, 0.15) is 12.7 Å². The van der Waals surface area contributed by atoms with Gasteiger partial charge in [-0.05, 0) is 64.2 Å². The Labute approximate surface area is 298 Å². The molecule has 0 bridgehead atoms. The van der Waals surface area contributed by atoms with E-state index in [9.17, 15) is 24.2 Å². The fourth-order valence-electron chi connectivity index (χ4n) is 4.84. The normalized spacial score (nSPS) is 14.0. The van der Waals surface area contributed by atoms with Crippen LogP contribution in [0.25, 0.3) is 0 Å². The first-order valence-electron chi connectivity index (χ1n) is 19.1. The Bertz CT molecular complexity index is 949. The fraction of sp³-hybridized carbons (Fsp3) is 0.744. The molecular formula is C39H70NO8P. The highest BCUT2D eigenvalue weighted by Crippen LogP contribution is 2.42. The number of ether oxygens (including phenoxy) is 1. The van der Waals surface area contributed by atoms with Gasteiger partial charge in [-0.3, -0.25) is 18.6 Å². The summed E-state index contributed by atoms with van der Waals surface area (Å²) in [6.07, 6.45) is 39.0. The summed E-state index contributed by atoms with van der Waals surface area (Å²) in [7, 11) is -4.41. The number of carbonyl (C=O) groups excluding carboxylic acids is 2. The maximum Gasteiger partial charge on any atom is 0.472 e. The summed E-state index contributed by atoms with van der Waals surface area (Å²) in [6.45, 7) is 3.36. The van der Waals surface area contributed by atoms with Crippen molar-refractivity contribution in [3.05, 3.63) is 48.6 Å². The van der Waals surface area contributed by atoms with E-state index in [1.807, 2.05) is 0 Å². The van der Waals surface area contributed by atoms with Gasteiger partial charge in [-0.15, -0.1) is 0 Å². The topological polar surface area (TPSA) is 131 Å². The number of phosphoric acid groups is 1. The van der Waals surface area contributed by atoms with Crippen molar-refractivity contribution < 1.29 is 37.9 Å². The zero-order valence-electron chi connectivity index (χ0n) is 30.9. The Hall–Kier alpha value is -2.03. The fourth-order valence-corrected chi connectivity index (χ4v) is 5.60. The van der Waals surface area contributed by atoms with Crippen LogP contribution >= 0.6 is 7.82 Å². The summed E-state index contributed by atoms with van der Waals surface area (Å²) in [5.41, 5.74) is 0. The van der Waals surface area contributed by atoms with Crippen LogP contribution < -0.4 is 5.32 Å². The van der Waals surface area contributed by atoms with Crippen molar-refractivity contribution >= 4 is 19.7 Å². The molecule has 0 saturated carbocycles. The van der Waals surface area contributed by atoms with E-state index < -0.39 is 26.5 Å². The van der Waals surface area contributed by atoms with Crippen LogP contribution in [0.1, 0.15) is 155 Å². The number of allylic oxidation sites excluding steroid dienone is 8. The number of phosphoric ester groups is 1. The quantitative estimate of drug-likeness (QED) is 0.0256. The van der Waals surface area contributed by atoms with E-state index in [1.165, 1.54) is 44.9 Å². The highest BCUT2D eigenvalue weighted by atomic mass is 31.2. The van der Waals surface area contributed by atoms with Crippen molar-refractivity contribution in [3.8, 4) is 0 Å². The minimum absolute atomic E-state index is 0.0744. The lowest BCUT2D eigenvalue weighted by Crippen LogP contribution is -2.27. The van der Waals surface area contributed by atoms with E-state index >= 15 is 0 Å². The highest BCUT2D eigenvalue weighted by Gasteiger charge is 2.23. The molecule has 9 nitrogen and oxygen atoms in total. The molecule has 0 spiro atoms. The first kappa shape index (κ1) is 47.0. The Balaban J connectivity index is 3.65. The second-order valence-electron chi connectivity index (χ2n) is 12.5. The summed E-state index contributed by atoms with van der Waals surface area (Å²) >= 11 is 0. The number of aliphatic hydroxyl groups is 1. The molecule has 2 atom stereocenters. The van der Waals surface area contributed by atoms with Crippen LogP contribution in [0.4, 0.5) is 0 Å². The Morgan fingerprint density at radius 1 is 0.653 bits per heavy atom. The van der Waals surface area contributed by atoms with Gasteiger partial charge < -0.3 is 20.1 Å². The van der Waals surface area contributed by atoms with E-state index in [0.29, 0.717) is 6.42 Å². The van der Waals surface area contributed by atoms with E-state index in [1.54, 1.807) is 0 Å². The molecule has 0 aromatic heterocycles. The molecule has 0 rings (SSSR count). The van der Waals surface area contributed by atoms with Crippen LogP contribution in [0.5, 0.6) is 0 Å². The largest absolute Gasteiger partial charge is 0.472 e. The van der Waals surface area contributed by atoms with Gasteiger partial charge in [-0.2, -0.15) is 0 Å². The lowest BCUT2D eigenvalue weighted by atomic mass is 10.1. The summed E-state index contributed by atoms with van der Waals surface area (Å²) in [5.74, 6) is -0.541. The van der Waals surface area contributed by atoms with E-state index in [-0.39, 0.29) is 32.1 Å². The van der Waals surface area contributed by atoms with Crippen molar-refractivity contribution in [2.45, 2.75) is 161 Å². The zero-order chi connectivity index (χ0) is 36.1. The number of unbranched alkanes of at least 4 members (excludes halogenated alkanes) is 14. The van der Waals surface area contributed by atoms with Gasteiger partial charge in [0.15, 0.2) is 0 Å². The Kier molecular flexibility index (Phi) is 34.3. The van der Waals surface area contributed by atoms with Gasteiger partial charge in [0.2, 0.25) is 5.91 Å². The molecule has 284 valence electrons. The van der Waals surface area contributed by atoms with Crippen molar-refractivity contribution in [1.82, 2.24) is 5.32 Å². The number of rotatable bonds is 35. The molecule has 0 aromatic carbocycles. The predicted molar refractivity (Wildman–Crippen MR) is 201 cm³/mol. The highest BCUT2D eigenvalue weighted by molar-refractivity contribution is 7.47. The minimum atomic E-state index is -4.41. The minimum Gasteiger partial charge on any atom is -0.463 e. The summed E-state index contributed by atoms with van der Waals surface area (Å²) in [5, 5.41) is 12.6. The van der Waals surface area contributed by atoms with Crippen LogP contribution in [-0.2, 0) is 27.9 Å². The molecule has 3 N–H and O–H groups in total. The van der Waals surface area contributed by atoms with E-state index in [2.05, 4.69) is 67.8 Å². The number of carbonyl (C=O) groups is 2. The molecule has 0 heterocycles. The van der Waals surface area contributed by atoms with Crippen LogP contribution in [0.3, 0.4) is 0 Å². The van der Waals surface area contributed by atoms with Crippen molar-refractivity contribution in [3.63, 3.8) is 0 Å². The predicted octanol–water partition coefficient (Wildman–Crippen LogP) is 9.99. The zero-order valence-corrected chi connectivity index (χ0v) is 31.8. The first-order chi connectivity index (χ1) is 23.8. The molecule has 0 fully saturated rings. The third kappa shape index (κ3) is 37.1. The molecule has 0 aliphatic rings. The van der Waals surface area contributed by atoms with Gasteiger partial charge in [0.05, 0.1) is 13.2 Å². The van der Waals surface area contributed by atoms with Gasteiger partial charge in [0.25, 0.3) is 0 Å². The first-order valence-corrected chi connectivity index (χ1v) is 20.6. The summed E-state index contributed by atoms with van der Waals surface area (Å²) in [4.78, 5) is 33.7. The number of amides is 1. The van der Waals surface area contributed by atoms with Gasteiger partial charge in [0, 0.05) is 19.4 Å². The molecule has 1 amide bonds. The monoisotopic (exact) mass is 711 g/mol. The third-order valence-corrected chi connectivity index (χ3v) is 8.73. The average molecular weight is 712 g/mol. The van der Waals surface area contributed by atoms with Crippen LogP contribution in [-0.4, -0.2) is 54.3 Å². The van der Waals surface area contributed by atoms with Crippen molar-refractivity contribution in [2.75, 3.05) is 26.4 Å². The van der Waals surface area contributed by atoms with Crippen molar-refractivity contribution in [1.29, 1.82) is 0 Å². The van der Waals surface area contributed by atoms with Gasteiger partial charge >= 0.3 is 13.8 Å². The summed E-state index contributed by atoms with van der Waals surface area (Å²) in [6, 6.07) is 0. The maximum atomic E-state index is 12.0. The molecule has 0 saturated heterocycles. The second-order valence-corrected chi connectivity index (χ2v) is 14.0. The lowest BCUT2D eigenvalue weighted by molar-refractivity contribution is -0.147. The Morgan fingerprint density at radius 2 is 1.16 bits per heavy atom. The lowest BCUT2D eigenvalue weighted by Gasteiger charge is -2.15. The molecule has 10 heteroatoms. The number of aliphatic hydroxyl groups excluding tert-OH is 1. The van der Waals surface area contributed by atoms with Crippen LogP contribution in [0, 0.1) is 0 Å². The summed E-state index contributed by atoms with van der Waals surface area (Å²) < 4.78 is 26.7. The smallest absolute Gasteiger partial charge is 0.463 e. The number of nitrogens with one attached hydrogen (secondary N) is 1. The molecule has 0 aromatic rings.